The van der Waals surface area contributed by atoms with E-state index in [-0.39, 0.29) is 24.4 Å². The Morgan fingerprint density at radius 3 is 2.79 bits per heavy atom. The van der Waals surface area contributed by atoms with Crippen molar-refractivity contribution in [3.8, 4) is 0 Å². The Hall–Kier alpha value is -2.02. The van der Waals surface area contributed by atoms with E-state index in [9.17, 15) is 9.90 Å². The van der Waals surface area contributed by atoms with Crippen LogP contribution in [0.5, 0.6) is 0 Å². The van der Waals surface area contributed by atoms with E-state index in [0.717, 1.165) is 24.2 Å². The highest BCUT2D eigenvalue weighted by Gasteiger charge is 2.26. The molecule has 7 nitrogen and oxygen atoms in total. The molecule has 1 fully saturated rings. The van der Waals surface area contributed by atoms with Crippen LogP contribution in [-0.2, 0) is 0 Å². The first-order valence-electron chi connectivity index (χ1n) is 8.71. The monoisotopic (exact) mass is 331 g/mol. The van der Waals surface area contributed by atoms with Crippen LogP contribution in [0.4, 0.5) is 0 Å². The molecule has 0 spiro atoms. The number of carbonyl (C=O) groups is 1. The third kappa shape index (κ3) is 3.56. The Morgan fingerprint density at radius 1 is 1.33 bits per heavy atom. The van der Waals surface area contributed by atoms with E-state index in [1.165, 1.54) is 19.3 Å². The number of nitrogens with zero attached hydrogens (tertiary/aromatic N) is 4. The summed E-state index contributed by atoms with van der Waals surface area (Å²) in [5, 5.41) is 16.6. The molecule has 0 radical (unpaired) electrons. The molecule has 2 aromatic rings. The summed E-state index contributed by atoms with van der Waals surface area (Å²) in [6.07, 6.45) is 6.41. The highest BCUT2D eigenvalue weighted by molar-refractivity contribution is 5.91. The van der Waals surface area contributed by atoms with Gasteiger partial charge in [0.2, 0.25) is 5.82 Å². The zero-order valence-corrected chi connectivity index (χ0v) is 14.3. The van der Waals surface area contributed by atoms with E-state index in [1.54, 1.807) is 4.52 Å². The van der Waals surface area contributed by atoms with Crippen molar-refractivity contribution in [1.29, 1.82) is 0 Å². The number of carbonyl (C=O) groups excluding carboxylic acids is 1. The van der Waals surface area contributed by atoms with Crippen molar-refractivity contribution in [3.05, 3.63) is 23.3 Å². The van der Waals surface area contributed by atoms with Crippen LogP contribution >= 0.6 is 0 Å². The summed E-state index contributed by atoms with van der Waals surface area (Å²) < 4.78 is 1.59. The van der Waals surface area contributed by atoms with E-state index >= 15 is 0 Å². The number of aryl methyl sites for hydroxylation is 2. The van der Waals surface area contributed by atoms with Gasteiger partial charge < -0.3 is 10.4 Å². The minimum absolute atomic E-state index is 0.0230. The second-order valence-corrected chi connectivity index (χ2v) is 6.68. The Kier molecular flexibility index (Phi) is 5.08. The van der Waals surface area contributed by atoms with Gasteiger partial charge in [-0.05, 0) is 45.1 Å². The predicted octanol–water partition coefficient (Wildman–Crippen LogP) is 1.80. The molecule has 0 saturated heterocycles. The van der Waals surface area contributed by atoms with Crippen molar-refractivity contribution in [3.63, 3.8) is 0 Å². The molecule has 2 heterocycles. The first kappa shape index (κ1) is 16.8. The number of aliphatic hydroxyl groups is 1. The van der Waals surface area contributed by atoms with E-state index in [4.69, 9.17) is 0 Å². The Labute approximate surface area is 141 Å². The summed E-state index contributed by atoms with van der Waals surface area (Å²) in [4.78, 5) is 21.2. The van der Waals surface area contributed by atoms with Gasteiger partial charge in [0, 0.05) is 24.0 Å². The topological polar surface area (TPSA) is 92.4 Å². The van der Waals surface area contributed by atoms with Crippen LogP contribution in [0, 0.1) is 19.8 Å². The summed E-state index contributed by atoms with van der Waals surface area (Å²) >= 11 is 0. The minimum atomic E-state index is -0.290. The lowest BCUT2D eigenvalue weighted by Gasteiger charge is -2.30. The molecule has 0 bridgehead atoms. The number of aromatic nitrogens is 4. The summed E-state index contributed by atoms with van der Waals surface area (Å²) in [5.41, 5.74) is 1.74. The van der Waals surface area contributed by atoms with Crippen molar-refractivity contribution < 1.29 is 9.90 Å². The summed E-state index contributed by atoms with van der Waals surface area (Å²) in [6, 6.07) is 1.88. The first-order chi connectivity index (χ1) is 11.6. The molecule has 1 atom stereocenters. The average Bonchev–Trinajstić information content (AvgIpc) is 2.99. The average molecular weight is 331 g/mol. The van der Waals surface area contributed by atoms with Gasteiger partial charge in [-0.2, -0.15) is 4.98 Å². The maximum atomic E-state index is 12.6. The fourth-order valence-corrected chi connectivity index (χ4v) is 3.60. The van der Waals surface area contributed by atoms with Gasteiger partial charge in [-0.15, -0.1) is 5.10 Å². The first-order valence-corrected chi connectivity index (χ1v) is 8.71. The molecule has 0 aliphatic heterocycles. The van der Waals surface area contributed by atoms with E-state index < -0.39 is 0 Å². The van der Waals surface area contributed by atoms with Crippen LogP contribution in [0.2, 0.25) is 0 Å². The maximum absolute atomic E-state index is 12.6. The van der Waals surface area contributed by atoms with Crippen LogP contribution in [0.25, 0.3) is 5.78 Å². The molecule has 2 aromatic heterocycles. The summed E-state index contributed by atoms with van der Waals surface area (Å²) in [5.74, 6) is 0.708. The zero-order chi connectivity index (χ0) is 17.1. The number of fused-ring (bicyclic) bond motifs is 1. The molecule has 2 N–H and O–H groups in total. The Balaban J connectivity index is 1.78. The van der Waals surface area contributed by atoms with Crippen molar-refractivity contribution in [2.75, 3.05) is 6.61 Å². The normalized spacial score (nSPS) is 17.1. The third-order valence-electron chi connectivity index (χ3n) is 4.80. The molecule has 1 aliphatic carbocycles. The van der Waals surface area contributed by atoms with Gasteiger partial charge in [0.25, 0.3) is 11.7 Å². The number of aliphatic hydroxyl groups excluding tert-OH is 1. The quantitative estimate of drug-likeness (QED) is 0.871. The van der Waals surface area contributed by atoms with Crippen LogP contribution in [0.3, 0.4) is 0 Å². The molecule has 7 heteroatoms. The molecular formula is C17H25N5O2. The van der Waals surface area contributed by atoms with Crippen molar-refractivity contribution in [2.45, 2.75) is 58.4 Å². The fraction of sp³-hybridized carbons (Fsp3) is 0.647. The number of amides is 1. The van der Waals surface area contributed by atoms with Crippen LogP contribution < -0.4 is 5.32 Å². The number of rotatable bonds is 5. The molecule has 1 saturated carbocycles. The zero-order valence-electron chi connectivity index (χ0n) is 14.3. The van der Waals surface area contributed by atoms with Crippen molar-refractivity contribution in [2.24, 2.45) is 5.92 Å². The van der Waals surface area contributed by atoms with Gasteiger partial charge in [-0.25, -0.2) is 9.50 Å². The van der Waals surface area contributed by atoms with E-state index in [2.05, 4.69) is 20.4 Å². The number of nitrogens with one attached hydrogen (secondary N) is 1. The summed E-state index contributed by atoms with van der Waals surface area (Å²) in [7, 11) is 0. The van der Waals surface area contributed by atoms with Gasteiger partial charge in [0.15, 0.2) is 0 Å². The van der Waals surface area contributed by atoms with Gasteiger partial charge in [-0.1, -0.05) is 19.3 Å². The van der Waals surface area contributed by atoms with Gasteiger partial charge in [0.1, 0.15) is 0 Å². The van der Waals surface area contributed by atoms with Gasteiger partial charge in [-0.3, -0.25) is 4.79 Å². The van der Waals surface area contributed by atoms with Crippen molar-refractivity contribution >= 4 is 11.7 Å². The Bertz CT molecular complexity index is 721. The number of hydrogen-bond donors (Lipinski definition) is 2. The molecule has 1 aliphatic rings. The fourth-order valence-electron chi connectivity index (χ4n) is 3.60. The lowest BCUT2D eigenvalue weighted by molar-refractivity contribution is 0.0889. The summed E-state index contributed by atoms with van der Waals surface area (Å²) in [6.45, 7) is 3.87. The minimum Gasteiger partial charge on any atom is -0.396 e. The lowest BCUT2D eigenvalue weighted by Crippen LogP contribution is -2.42. The molecule has 24 heavy (non-hydrogen) atoms. The second-order valence-electron chi connectivity index (χ2n) is 6.68. The van der Waals surface area contributed by atoms with E-state index in [0.29, 0.717) is 18.1 Å². The SMILES string of the molecule is Cc1cc(C)n2nc(C(=O)NC(CCO)C3CCCCC3)nc2n1. The second kappa shape index (κ2) is 7.25. The molecule has 1 unspecified atom stereocenters. The molecule has 0 aromatic carbocycles. The van der Waals surface area contributed by atoms with Gasteiger partial charge in [0.05, 0.1) is 0 Å². The lowest BCUT2D eigenvalue weighted by atomic mass is 9.82. The van der Waals surface area contributed by atoms with Crippen LogP contribution in [0.15, 0.2) is 6.07 Å². The number of hydrogen-bond acceptors (Lipinski definition) is 5. The van der Waals surface area contributed by atoms with Crippen LogP contribution in [0.1, 0.15) is 60.5 Å². The van der Waals surface area contributed by atoms with Gasteiger partial charge >= 0.3 is 0 Å². The smallest absolute Gasteiger partial charge is 0.291 e. The highest BCUT2D eigenvalue weighted by Crippen LogP contribution is 2.27. The highest BCUT2D eigenvalue weighted by atomic mass is 16.3. The standard InChI is InChI=1S/C17H25N5O2/c1-11-10-12(2)22-17(18-11)20-15(21-22)16(24)19-14(8-9-23)13-6-4-3-5-7-13/h10,13-14,23H,3-9H2,1-2H3,(H,19,24). The Morgan fingerprint density at radius 2 is 2.08 bits per heavy atom. The molecule has 1 amide bonds. The third-order valence-corrected chi connectivity index (χ3v) is 4.80. The van der Waals surface area contributed by atoms with Crippen molar-refractivity contribution in [1.82, 2.24) is 24.9 Å². The maximum Gasteiger partial charge on any atom is 0.291 e. The predicted molar refractivity (Wildman–Crippen MR) is 89.8 cm³/mol. The largest absolute Gasteiger partial charge is 0.396 e. The van der Waals surface area contributed by atoms with Crippen LogP contribution in [-0.4, -0.2) is 43.2 Å². The van der Waals surface area contributed by atoms with E-state index in [1.807, 2.05) is 19.9 Å². The molecule has 130 valence electrons. The molecule has 3 rings (SSSR count). The molecular weight excluding hydrogens is 306 g/mol.